The molecule has 2 heterocycles. The van der Waals surface area contributed by atoms with Gasteiger partial charge in [-0.2, -0.15) is 0 Å². The van der Waals surface area contributed by atoms with Crippen LogP contribution in [0.2, 0.25) is 0 Å². The molecule has 2 aromatic carbocycles. The first-order valence-electron chi connectivity index (χ1n) is 10.3. The molecular weight excluding hydrogens is 401 g/mol. The molecule has 1 spiro atoms. The molecule has 1 amide bonds. The molecule has 2 N–H and O–H groups in total. The van der Waals surface area contributed by atoms with E-state index in [2.05, 4.69) is 4.99 Å². The summed E-state index contributed by atoms with van der Waals surface area (Å²) in [7, 11) is 3.11. The second-order valence-electron chi connectivity index (χ2n) is 7.70. The highest BCUT2D eigenvalue weighted by molar-refractivity contribution is 6.07. The Morgan fingerprint density at radius 3 is 2.71 bits per heavy atom. The zero-order chi connectivity index (χ0) is 22.0. The minimum atomic E-state index is -1.19. The number of nitrogens with two attached hydrogens (primary N) is 1. The van der Waals surface area contributed by atoms with E-state index in [0.29, 0.717) is 48.9 Å². The van der Waals surface area contributed by atoms with E-state index >= 15 is 0 Å². The average Bonchev–Trinajstić information content (AvgIpc) is 2.97. The molecule has 2 aromatic rings. The number of amides is 1. The van der Waals surface area contributed by atoms with Crippen LogP contribution in [0.15, 0.2) is 41.4 Å². The van der Waals surface area contributed by atoms with Gasteiger partial charge in [0.15, 0.2) is 11.5 Å². The highest BCUT2D eigenvalue weighted by atomic mass is 19.1. The quantitative estimate of drug-likeness (QED) is 0.796. The van der Waals surface area contributed by atoms with Crippen molar-refractivity contribution in [2.75, 3.05) is 34.0 Å². The van der Waals surface area contributed by atoms with Gasteiger partial charge >= 0.3 is 0 Å². The van der Waals surface area contributed by atoms with Crippen molar-refractivity contribution in [1.82, 2.24) is 4.90 Å². The number of methoxy groups -OCH3 is 1. The second-order valence-corrected chi connectivity index (χ2v) is 7.70. The largest absolute Gasteiger partial charge is 0.497 e. The van der Waals surface area contributed by atoms with Crippen LogP contribution < -0.4 is 15.2 Å². The van der Waals surface area contributed by atoms with Crippen molar-refractivity contribution < 1.29 is 23.4 Å². The zero-order valence-electron chi connectivity index (χ0n) is 17.7. The topological polar surface area (TPSA) is 86.4 Å². The Balaban J connectivity index is 1.89. The van der Waals surface area contributed by atoms with E-state index in [0.717, 1.165) is 18.4 Å². The van der Waals surface area contributed by atoms with Crippen LogP contribution >= 0.6 is 0 Å². The van der Waals surface area contributed by atoms with Crippen LogP contribution in [0.1, 0.15) is 24.8 Å². The molecule has 0 saturated carbocycles. The van der Waals surface area contributed by atoms with Gasteiger partial charge in [0.1, 0.15) is 23.9 Å². The van der Waals surface area contributed by atoms with Gasteiger partial charge in [-0.05, 0) is 54.7 Å². The van der Waals surface area contributed by atoms with Gasteiger partial charge < -0.3 is 19.9 Å². The number of guanidine groups is 1. The molecule has 2 aliphatic rings. The summed E-state index contributed by atoms with van der Waals surface area (Å²) in [6.07, 6.45) is 1.99. The van der Waals surface area contributed by atoms with Gasteiger partial charge in [0.2, 0.25) is 0 Å². The molecule has 7 nitrogen and oxygen atoms in total. The highest BCUT2D eigenvalue weighted by Crippen LogP contribution is 2.44. The molecule has 0 aliphatic carbocycles. The van der Waals surface area contributed by atoms with Crippen molar-refractivity contribution in [2.45, 2.75) is 24.8 Å². The first kappa shape index (κ1) is 21.1. The number of carbonyl (C=O) groups is 1. The summed E-state index contributed by atoms with van der Waals surface area (Å²) < 4.78 is 30.9. The second kappa shape index (κ2) is 8.55. The number of nitrogens with zero attached hydrogens (tertiary/aromatic N) is 2. The molecule has 0 radical (unpaired) electrons. The van der Waals surface area contributed by atoms with E-state index < -0.39 is 11.4 Å². The van der Waals surface area contributed by atoms with Gasteiger partial charge in [-0.15, -0.1) is 0 Å². The predicted molar refractivity (Wildman–Crippen MR) is 115 cm³/mol. The monoisotopic (exact) mass is 427 g/mol. The van der Waals surface area contributed by atoms with Crippen LogP contribution in [0.3, 0.4) is 0 Å². The van der Waals surface area contributed by atoms with E-state index in [1.54, 1.807) is 19.2 Å². The fourth-order valence-electron chi connectivity index (χ4n) is 4.08. The molecule has 4 rings (SSSR count). The Morgan fingerprint density at radius 1 is 1.13 bits per heavy atom. The van der Waals surface area contributed by atoms with E-state index in [9.17, 15) is 9.18 Å². The summed E-state index contributed by atoms with van der Waals surface area (Å²) in [5.74, 6) is 0.503. The summed E-state index contributed by atoms with van der Waals surface area (Å²) >= 11 is 0. The number of fused-ring (bicyclic) bond motifs is 2. The third kappa shape index (κ3) is 3.95. The number of likely N-dealkylation sites (N-methyl/N-ethyl adjacent to an activating group) is 1. The van der Waals surface area contributed by atoms with Gasteiger partial charge in [-0.25, -0.2) is 9.38 Å². The third-order valence-electron chi connectivity index (χ3n) is 5.74. The van der Waals surface area contributed by atoms with Crippen LogP contribution in [-0.4, -0.2) is 50.7 Å². The van der Waals surface area contributed by atoms with Gasteiger partial charge in [0.05, 0.1) is 13.7 Å². The van der Waals surface area contributed by atoms with Gasteiger partial charge in [0, 0.05) is 25.3 Å². The zero-order valence-corrected chi connectivity index (χ0v) is 17.7. The van der Waals surface area contributed by atoms with Crippen molar-refractivity contribution in [3.05, 3.63) is 47.8 Å². The Morgan fingerprint density at radius 2 is 1.97 bits per heavy atom. The molecule has 1 atom stereocenters. The lowest BCUT2D eigenvalue weighted by Crippen LogP contribution is -2.40. The number of hydrogen-bond acceptors (Lipinski definition) is 6. The van der Waals surface area contributed by atoms with Crippen LogP contribution in [0.25, 0.3) is 11.1 Å². The molecule has 2 aliphatic heterocycles. The molecular formula is C23H26FN3O4. The van der Waals surface area contributed by atoms with Crippen molar-refractivity contribution >= 4 is 11.9 Å². The maximum Gasteiger partial charge on any atom is 0.261 e. The van der Waals surface area contributed by atoms with Gasteiger partial charge in [0.25, 0.3) is 5.91 Å². The van der Waals surface area contributed by atoms with Crippen molar-refractivity contribution in [3.63, 3.8) is 0 Å². The number of aliphatic imine (C=N–C) groups is 1. The first-order valence-corrected chi connectivity index (χ1v) is 10.3. The number of carbonyl (C=O) groups excluding carboxylic acids is 1. The third-order valence-corrected chi connectivity index (χ3v) is 5.74. The summed E-state index contributed by atoms with van der Waals surface area (Å²) in [6, 6.07) is 9.96. The van der Waals surface area contributed by atoms with Gasteiger partial charge in [-0.1, -0.05) is 6.07 Å². The van der Waals surface area contributed by atoms with Crippen LogP contribution in [-0.2, 0) is 15.1 Å². The lowest BCUT2D eigenvalue weighted by Gasteiger charge is -2.28. The summed E-state index contributed by atoms with van der Waals surface area (Å²) in [5.41, 5.74) is 6.83. The highest BCUT2D eigenvalue weighted by Gasteiger charge is 2.49. The maximum atomic E-state index is 14.1. The van der Waals surface area contributed by atoms with Crippen LogP contribution in [0.5, 0.6) is 11.5 Å². The Bertz CT molecular complexity index is 1030. The lowest BCUT2D eigenvalue weighted by atomic mass is 9.83. The molecule has 0 fully saturated rings. The molecule has 0 bridgehead atoms. The number of hydrogen-bond donors (Lipinski definition) is 1. The molecule has 164 valence electrons. The normalized spacial score (nSPS) is 21.8. The van der Waals surface area contributed by atoms with E-state index in [1.165, 1.54) is 24.1 Å². The average molecular weight is 427 g/mol. The summed E-state index contributed by atoms with van der Waals surface area (Å²) in [5, 5.41) is 0. The Kier molecular flexibility index (Phi) is 5.82. The summed E-state index contributed by atoms with van der Waals surface area (Å²) in [4.78, 5) is 19.4. The minimum absolute atomic E-state index is 0.167. The number of halogens is 1. The Labute approximate surface area is 180 Å². The number of ether oxygens (including phenoxy) is 3. The number of rotatable bonds is 2. The fraction of sp³-hybridized carbons (Fsp3) is 0.391. The van der Waals surface area contributed by atoms with Crippen molar-refractivity contribution in [1.29, 1.82) is 0 Å². The molecule has 0 saturated heterocycles. The smallest absolute Gasteiger partial charge is 0.261 e. The molecule has 0 unspecified atom stereocenters. The SMILES string of the molecule is COc1cc(F)cc(-c2ccc3c(c2)[C@]2(CCCCOCCO3)N=C(N)N(C)C2=O)c1. The van der Waals surface area contributed by atoms with Crippen LogP contribution in [0.4, 0.5) is 4.39 Å². The first-order chi connectivity index (χ1) is 14.9. The number of benzene rings is 2. The van der Waals surface area contributed by atoms with E-state index in [1.807, 2.05) is 12.1 Å². The van der Waals surface area contributed by atoms with E-state index in [-0.39, 0.29) is 11.9 Å². The van der Waals surface area contributed by atoms with Crippen molar-refractivity contribution in [3.8, 4) is 22.6 Å². The minimum Gasteiger partial charge on any atom is -0.497 e. The molecule has 8 heteroatoms. The summed E-state index contributed by atoms with van der Waals surface area (Å²) in [6.45, 7) is 1.39. The maximum absolute atomic E-state index is 14.1. The van der Waals surface area contributed by atoms with Crippen LogP contribution in [0, 0.1) is 5.82 Å². The Hall–Kier alpha value is -3.13. The fourth-order valence-corrected chi connectivity index (χ4v) is 4.08. The molecule has 0 aromatic heterocycles. The van der Waals surface area contributed by atoms with Gasteiger partial charge in [-0.3, -0.25) is 9.69 Å². The predicted octanol–water partition coefficient (Wildman–Crippen LogP) is 3.06. The standard InChI is InChI=1S/C23H26FN3O4/c1-27-21(28)23(26-22(27)25)7-3-4-8-30-9-10-31-20-6-5-15(13-19(20)23)16-11-17(24)14-18(12-16)29-2/h5-6,11-14H,3-4,7-10H2,1-2H3,(H2,25,26)/t23-/m0/s1. The van der Waals surface area contributed by atoms with E-state index in [4.69, 9.17) is 19.9 Å². The van der Waals surface area contributed by atoms with Crippen molar-refractivity contribution in [2.24, 2.45) is 10.7 Å². The lowest BCUT2D eigenvalue weighted by molar-refractivity contribution is -0.131. The molecule has 31 heavy (non-hydrogen) atoms.